The van der Waals surface area contributed by atoms with Gasteiger partial charge in [-0.3, -0.25) is 4.68 Å². The highest BCUT2D eigenvalue weighted by molar-refractivity contribution is 9.10. The minimum absolute atomic E-state index is 0.0525. The summed E-state index contributed by atoms with van der Waals surface area (Å²) in [4.78, 5) is 11.6. The van der Waals surface area contributed by atoms with Crippen molar-refractivity contribution in [2.75, 3.05) is 13.7 Å². The minimum Gasteiger partial charge on any atom is -0.494 e. The number of hydrogen-bond donors (Lipinski definition) is 0. The molecule has 2 rings (SSSR count). The third-order valence-corrected chi connectivity index (χ3v) is 4.20. The van der Waals surface area contributed by atoms with Crippen molar-refractivity contribution in [3.63, 3.8) is 0 Å². The average molecular weight is 389 g/mol. The Bertz CT molecular complexity index is 724. The van der Waals surface area contributed by atoms with Gasteiger partial charge in [0.1, 0.15) is 17.4 Å². The van der Waals surface area contributed by atoms with E-state index in [4.69, 9.17) is 4.74 Å². The SMILES string of the molecule is CCOc1cc(F)c(Cn2nc(C(=O)OC)c(Br)c2C)c(F)c1. The van der Waals surface area contributed by atoms with Crippen LogP contribution in [0.2, 0.25) is 0 Å². The van der Waals surface area contributed by atoms with Crippen molar-refractivity contribution in [2.24, 2.45) is 0 Å². The van der Waals surface area contributed by atoms with E-state index in [0.717, 1.165) is 12.1 Å². The number of esters is 1. The predicted octanol–water partition coefficient (Wildman–Crippen LogP) is 3.47. The van der Waals surface area contributed by atoms with E-state index >= 15 is 0 Å². The molecule has 124 valence electrons. The van der Waals surface area contributed by atoms with Gasteiger partial charge in [-0.05, 0) is 29.8 Å². The molecule has 0 spiro atoms. The van der Waals surface area contributed by atoms with Crippen LogP contribution in [-0.4, -0.2) is 29.5 Å². The fourth-order valence-corrected chi connectivity index (χ4v) is 2.48. The first-order valence-corrected chi connectivity index (χ1v) is 7.60. The van der Waals surface area contributed by atoms with Crippen molar-refractivity contribution in [1.82, 2.24) is 9.78 Å². The molecule has 0 aliphatic carbocycles. The summed E-state index contributed by atoms with van der Waals surface area (Å²) in [5.41, 5.74) is 0.442. The first-order chi connectivity index (χ1) is 10.9. The molecule has 0 amide bonds. The van der Waals surface area contributed by atoms with E-state index in [-0.39, 0.29) is 23.6 Å². The van der Waals surface area contributed by atoms with Crippen LogP contribution in [0, 0.1) is 18.6 Å². The summed E-state index contributed by atoms with van der Waals surface area (Å²) in [7, 11) is 1.23. The minimum atomic E-state index is -0.737. The number of methoxy groups -OCH3 is 1. The van der Waals surface area contributed by atoms with Crippen LogP contribution in [0.4, 0.5) is 8.78 Å². The molecule has 0 radical (unpaired) electrons. The molecule has 0 fully saturated rings. The van der Waals surface area contributed by atoms with Crippen LogP contribution in [0.25, 0.3) is 0 Å². The normalized spacial score (nSPS) is 10.7. The lowest BCUT2D eigenvalue weighted by Gasteiger charge is -2.10. The molecule has 0 unspecified atom stereocenters. The van der Waals surface area contributed by atoms with Crippen molar-refractivity contribution in [3.05, 3.63) is 45.2 Å². The lowest BCUT2D eigenvalue weighted by atomic mass is 10.2. The monoisotopic (exact) mass is 388 g/mol. The molecule has 2 aromatic rings. The van der Waals surface area contributed by atoms with Gasteiger partial charge in [-0.15, -0.1) is 0 Å². The molecule has 0 saturated carbocycles. The summed E-state index contributed by atoms with van der Waals surface area (Å²) in [6.07, 6.45) is 0. The summed E-state index contributed by atoms with van der Waals surface area (Å²) < 4.78 is 39.7. The topological polar surface area (TPSA) is 53.4 Å². The second-order valence-electron chi connectivity index (χ2n) is 4.70. The number of nitrogens with zero attached hydrogens (tertiary/aromatic N) is 2. The molecule has 0 atom stereocenters. The molecule has 0 N–H and O–H groups in total. The Kier molecular flexibility index (Phi) is 5.35. The van der Waals surface area contributed by atoms with E-state index in [1.165, 1.54) is 11.8 Å². The van der Waals surface area contributed by atoms with Gasteiger partial charge in [0, 0.05) is 17.7 Å². The van der Waals surface area contributed by atoms with E-state index in [1.807, 2.05) is 0 Å². The zero-order valence-electron chi connectivity index (χ0n) is 12.8. The number of aromatic nitrogens is 2. The van der Waals surface area contributed by atoms with Crippen molar-refractivity contribution in [3.8, 4) is 5.75 Å². The lowest BCUT2D eigenvalue weighted by Crippen LogP contribution is -2.10. The fraction of sp³-hybridized carbons (Fsp3) is 0.333. The Morgan fingerprint density at radius 1 is 1.35 bits per heavy atom. The summed E-state index contributed by atoms with van der Waals surface area (Å²) in [6.45, 7) is 3.55. The third-order valence-electron chi connectivity index (χ3n) is 3.25. The molecule has 1 heterocycles. The van der Waals surface area contributed by atoms with Crippen LogP contribution in [0.5, 0.6) is 5.75 Å². The standard InChI is InChI=1S/C15H15BrF2N2O3/c1-4-23-9-5-11(17)10(12(18)6-9)7-20-8(2)13(16)14(19-20)15(21)22-3/h5-6H,4,7H2,1-3H3. The van der Waals surface area contributed by atoms with Crippen molar-refractivity contribution in [2.45, 2.75) is 20.4 Å². The molecule has 8 heteroatoms. The van der Waals surface area contributed by atoms with Gasteiger partial charge in [0.05, 0.1) is 30.4 Å². The van der Waals surface area contributed by atoms with Crippen molar-refractivity contribution in [1.29, 1.82) is 0 Å². The van der Waals surface area contributed by atoms with E-state index < -0.39 is 17.6 Å². The summed E-state index contributed by atoms with van der Waals surface area (Å²) in [6, 6.07) is 2.24. The highest BCUT2D eigenvalue weighted by atomic mass is 79.9. The Balaban J connectivity index is 2.38. The van der Waals surface area contributed by atoms with Crippen LogP contribution in [0.1, 0.15) is 28.7 Å². The van der Waals surface area contributed by atoms with Gasteiger partial charge < -0.3 is 9.47 Å². The maximum atomic E-state index is 14.1. The van der Waals surface area contributed by atoms with Crippen LogP contribution in [0.15, 0.2) is 16.6 Å². The number of benzene rings is 1. The van der Waals surface area contributed by atoms with E-state index in [0.29, 0.717) is 16.8 Å². The molecule has 1 aromatic heterocycles. The van der Waals surface area contributed by atoms with Crippen LogP contribution in [-0.2, 0) is 11.3 Å². The van der Waals surface area contributed by atoms with Gasteiger partial charge in [0.2, 0.25) is 0 Å². The number of ether oxygens (including phenoxy) is 2. The van der Waals surface area contributed by atoms with Gasteiger partial charge in [-0.2, -0.15) is 5.10 Å². The van der Waals surface area contributed by atoms with Crippen LogP contribution >= 0.6 is 15.9 Å². The summed E-state index contributed by atoms with van der Waals surface area (Å²) in [5.74, 6) is -1.98. The number of halogens is 3. The van der Waals surface area contributed by atoms with Gasteiger partial charge in [-0.1, -0.05) is 0 Å². The predicted molar refractivity (Wildman–Crippen MR) is 82.6 cm³/mol. The Morgan fingerprint density at radius 2 is 1.96 bits per heavy atom. The number of carbonyl (C=O) groups is 1. The largest absolute Gasteiger partial charge is 0.494 e. The van der Waals surface area contributed by atoms with E-state index in [2.05, 4.69) is 25.8 Å². The number of rotatable bonds is 5. The molecule has 23 heavy (non-hydrogen) atoms. The molecule has 1 aromatic carbocycles. The first-order valence-electron chi connectivity index (χ1n) is 6.81. The van der Waals surface area contributed by atoms with Crippen LogP contribution < -0.4 is 4.74 Å². The molecule has 0 saturated heterocycles. The van der Waals surface area contributed by atoms with Gasteiger partial charge in [0.25, 0.3) is 0 Å². The second kappa shape index (κ2) is 7.08. The van der Waals surface area contributed by atoms with Crippen molar-refractivity contribution >= 4 is 21.9 Å². The zero-order valence-corrected chi connectivity index (χ0v) is 14.4. The molecular formula is C15H15BrF2N2O3. The molecular weight excluding hydrogens is 374 g/mol. The van der Waals surface area contributed by atoms with E-state index in [1.54, 1.807) is 13.8 Å². The van der Waals surface area contributed by atoms with Crippen LogP contribution in [0.3, 0.4) is 0 Å². The van der Waals surface area contributed by atoms with Gasteiger partial charge >= 0.3 is 5.97 Å². The Hall–Kier alpha value is -1.96. The third kappa shape index (κ3) is 3.52. The molecule has 0 aliphatic heterocycles. The Morgan fingerprint density at radius 3 is 2.48 bits per heavy atom. The zero-order chi connectivity index (χ0) is 17.1. The van der Waals surface area contributed by atoms with Crippen molar-refractivity contribution < 1.29 is 23.0 Å². The number of hydrogen-bond acceptors (Lipinski definition) is 4. The summed E-state index contributed by atoms with van der Waals surface area (Å²) >= 11 is 3.23. The number of carbonyl (C=O) groups excluding carboxylic acids is 1. The Labute approximate surface area is 140 Å². The van der Waals surface area contributed by atoms with Gasteiger partial charge in [0.15, 0.2) is 5.69 Å². The second-order valence-corrected chi connectivity index (χ2v) is 5.49. The lowest BCUT2D eigenvalue weighted by molar-refractivity contribution is 0.0592. The molecule has 0 bridgehead atoms. The highest BCUT2D eigenvalue weighted by Gasteiger charge is 2.21. The quantitative estimate of drug-likeness (QED) is 0.735. The van der Waals surface area contributed by atoms with E-state index in [9.17, 15) is 13.6 Å². The maximum absolute atomic E-state index is 14.1. The highest BCUT2D eigenvalue weighted by Crippen LogP contribution is 2.25. The summed E-state index contributed by atoms with van der Waals surface area (Å²) in [5, 5.41) is 4.05. The first kappa shape index (κ1) is 17.4. The smallest absolute Gasteiger partial charge is 0.359 e. The molecule has 0 aliphatic rings. The maximum Gasteiger partial charge on any atom is 0.359 e. The average Bonchev–Trinajstić information content (AvgIpc) is 2.78. The molecule has 5 nitrogen and oxygen atoms in total. The van der Waals surface area contributed by atoms with Gasteiger partial charge in [-0.25, -0.2) is 13.6 Å². The fourth-order valence-electron chi connectivity index (χ4n) is 2.04.